The maximum atomic E-state index is 13.6. The van der Waals surface area contributed by atoms with E-state index in [1.807, 2.05) is 31.6 Å². The van der Waals surface area contributed by atoms with Crippen LogP contribution < -0.4 is 5.32 Å². The van der Waals surface area contributed by atoms with Gasteiger partial charge < -0.3 is 5.32 Å². The molecule has 2 rings (SSSR count). The predicted molar refractivity (Wildman–Crippen MR) is 79.2 cm³/mol. The molecule has 1 atom stereocenters. The Bertz CT molecular complexity index is 589. The van der Waals surface area contributed by atoms with E-state index < -0.39 is 0 Å². The van der Waals surface area contributed by atoms with Gasteiger partial charge in [-0.05, 0) is 56.1 Å². The van der Waals surface area contributed by atoms with Crippen LogP contribution in [0, 0.1) is 19.7 Å². The molecule has 2 aromatic rings. The standard InChI is InChI=1S/C16H22FN3/c1-5-8-18-16(15-9-12(3)19-20(15)4)14-10-13(17)7-6-11(14)2/h6-7,9-10,16,18H,5,8H2,1-4H3. The van der Waals surface area contributed by atoms with E-state index in [1.54, 1.807) is 6.07 Å². The molecule has 3 nitrogen and oxygen atoms in total. The Balaban J connectivity index is 2.46. The summed E-state index contributed by atoms with van der Waals surface area (Å²) >= 11 is 0. The minimum atomic E-state index is -0.201. The zero-order chi connectivity index (χ0) is 14.7. The molecule has 4 heteroatoms. The first-order valence-electron chi connectivity index (χ1n) is 7.03. The summed E-state index contributed by atoms with van der Waals surface area (Å²) in [6, 6.07) is 6.97. The van der Waals surface area contributed by atoms with Crippen molar-refractivity contribution in [2.45, 2.75) is 33.2 Å². The van der Waals surface area contributed by atoms with Crippen molar-refractivity contribution in [1.29, 1.82) is 0 Å². The highest BCUT2D eigenvalue weighted by atomic mass is 19.1. The van der Waals surface area contributed by atoms with Crippen LogP contribution in [0.25, 0.3) is 0 Å². The molecule has 0 saturated heterocycles. The molecule has 0 aliphatic heterocycles. The summed E-state index contributed by atoms with van der Waals surface area (Å²) in [5.41, 5.74) is 4.09. The van der Waals surface area contributed by atoms with Gasteiger partial charge in [0.2, 0.25) is 0 Å². The van der Waals surface area contributed by atoms with Gasteiger partial charge in [-0.2, -0.15) is 5.10 Å². The second-order valence-corrected chi connectivity index (χ2v) is 5.22. The number of aromatic nitrogens is 2. The van der Waals surface area contributed by atoms with Crippen LogP contribution in [0.4, 0.5) is 4.39 Å². The number of benzene rings is 1. The Morgan fingerprint density at radius 1 is 1.30 bits per heavy atom. The molecule has 1 unspecified atom stereocenters. The fraction of sp³-hybridized carbons (Fsp3) is 0.438. The van der Waals surface area contributed by atoms with Crippen molar-refractivity contribution >= 4 is 0 Å². The molecule has 108 valence electrons. The molecule has 1 aromatic carbocycles. The molecule has 0 fully saturated rings. The van der Waals surface area contributed by atoms with Gasteiger partial charge in [0.15, 0.2) is 0 Å². The Kier molecular flexibility index (Phi) is 4.55. The van der Waals surface area contributed by atoms with Crippen molar-refractivity contribution in [1.82, 2.24) is 15.1 Å². The monoisotopic (exact) mass is 275 g/mol. The van der Waals surface area contributed by atoms with Crippen molar-refractivity contribution in [2.24, 2.45) is 7.05 Å². The minimum absolute atomic E-state index is 0.0307. The molecular weight excluding hydrogens is 253 g/mol. The summed E-state index contributed by atoms with van der Waals surface area (Å²) in [7, 11) is 1.93. The summed E-state index contributed by atoms with van der Waals surface area (Å²) in [4.78, 5) is 0. The molecule has 0 amide bonds. The summed E-state index contributed by atoms with van der Waals surface area (Å²) in [5, 5.41) is 7.90. The molecule has 0 radical (unpaired) electrons. The number of rotatable bonds is 5. The van der Waals surface area contributed by atoms with Crippen LogP contribution in [-0.4, -0.2) is 16.3 Å². The molecule has 20 heavy (non-hydrogen) atoms. The molecule has 0 bridgehead atoms. The van der Waals surface area contributed by atoms with Gasteiger partial charge in [0.25, 0.3) is 0 Å². The third kappa shape index (κ3) is 3.07. The molecule has 0 saturated carbocycles. The molecular formula is C16H22FN3. The van der Waals surface area contributed by atoms with Gasteiger partial charge in [-0.1, -0.05) is 13.0 Å². The second-order valence-electron chi connectivity index (χ2n) is 5.22. The quantitative estimate of drug-likeness (QED) is 0.907. The van der Waals surface area contributed by atoms with E-state index in [2.05, 4.69) is 23.4 Å². The number of nitrogens with zero attached hydrogens (tertiary/aromatic N) is 2. The highest BCUT2D eigenvalue weighted by Crippen LogP contribution is 2.26. The number of hydrogen-bond acceptors (Lipinski definition) is 2. The van der Waals surface area contributed by atoms with Crippen molar-refractivity contribution in [2.75, 3.05) is 6.54 Å². The van der Waals surface area contributed by atoms with Crippen LogP contribution in [0.3, 0.4) is 0 Å². The number of halogens is 1. The Morgan fingerprint density at radius 2 is 2.05 bits per heavy atom. The van der Waals surface area contributed by atoms with E-state index in [1.165, 1.54) is 6.07 Å². The smallest absolute Gasteiger partial charge is 0.123 e. The van der Waals surface area contributed by atoms with Crippen LogP contribution in [0.1, 0.15) is 41.9 Å². The SMILES string of the molecule is CCCNC(c1cc(F)ccc1C)c1cc(C)nn1C. The van der Waals surface area contributed by atoms with Crippen molar-refractivity contribution in [3.05, 3.63) is 52.6 Å². The van der Waals surface area contributed by atoms with Gasteiger partial charge in [-0.3, -0.25) is 4.68 Å². The lowest BCUT2D eigenvalue weighted by Gasteiger charge is -2.21. The zero-order valence-electron chi connectivity index (χ0n) is 12.6. The Labute approximate surface area is 119 Å². The first-order chi connectivity index (χ1) is 9.52. The molecule has 1 N–H and O–H groups in total. The fourth-order valence-electron chi connectivity index (χ4n) is 2.49. The second kappa shape index (κ2) is 6.18. The van der Waals surface area contributed by atoms with Gasteiger partial charge in [0, 0.05) is 7.05 Å². The van der Waals surface area contributed by atoms with E-state index >= 15 is 0 Å². The van der Waals surface area contributed by atoms with Crippen LogP contribution in [-0.2, 0) is 7.05 Å². The van der Waals surface area contributed by atoms with Crippen LogP contribution >= 0.6 is 0 Å². The van der Waals surface area contributed by atoms with Gasteiger partial charge >= 0.3 is 0 Å². The third-order valence-electron chi connectivity index (χ3n) is 3.48. The van der Waals surface area contributed by atoms with Gasteiger partial charge in [-0.15, -0.1) is 0 Å². The highest BCUT2D eigenvalue weighted by Gasteiger charge is 2.19. The van der Waals surface area contributed by atoms with E-state index in [-0.39, 0.29) is 11.9 Å². The molecule has 0 aliphatic rings. The highest BCUT2D eigenvalue weighted by molar-refractivity contribution is 5.35. The minimum Gasteiger partial charge on any atom is -0.305 e. The summed E-state index contributed by atoms with van der Waals surface area (Å²) in [5.74, 6) is -0.201. The van der Waals surface area contributed by atoms with Crippen molar-refractivity contribution in [3.63, 3.8) is 0 Å². The normalized spacial score (nSPS) is 12.7. The summed E-state index contributed by atoms with van der Waals surface area (Å²) in [6.45, 7) is 6.99. The fourth-order valence-corrected chi connectivity index (χ4v) is 2.49. The van der Waals surface area contributed by atoms with E-state index in [0.29, 0.717) is 0 Å². The average molecular weight is 275 g/mol. The Hall–Kier alpha value is -1.68. The Morgan fingerprint density at radius 3 is 2.65 bits per heavy atom. The maximum absolute atomic E-state index is 13.6. The van der Waals surface area contributed by atoms with Gasteiger partial charge in [0.1, 0.15) is 5.82 Å². The topological polar surface area (TPSA) is 29.9 Å². The first-order valence-corrected chi connectivity index (χ1v) is 7.03. The largest absolute Gasteiger partial charge is 0.305 e. The van der Waals surface area contributed by atoms with Crippen LogP contribution in [0.5, 0.6) is 0 Å². The molecule has 0 aliphatic carbocycles. The maximum Gasteiger partial charge on any atom is 0.123 e. The average Bonchev–Trinajstić information content (AvgIpc) is 2.73. The van der Waals surface area contributed by atoms with E-state index in [0.717, 1.165) is 35.5 Å². The molecule has 1 heterocycles. The van der Waals surface area contributed by atoms with Crippen molar-refractivity contribution < 1.29 is 4.39 Å². The predicted octanol–water partition coefficient (Wildman–Crippen LogP) is 3.27. The third-order valence-corrected chi connectivity index (χ3v) is 3.48. The lowest BCUT2D eigenvalue weighted by Crippen LogP contribution is -2.26. The lowest BCUT2D eigenvalue weighted by molar-refractivity contribution is 0.545. The lowest BCUT2D eigenvalue weighted by atomic mass is 9.98. The van der Waals surface area contributed by atoms with Crippen molar-refractivity contribution in [3.8, 4) is 0 Å². The zero-order valence-corrected chi connectivity index (χ0v) is 12.6. The number of aryl methyl sites for hydroxylation is 3. The number of hydrogen-bond donors (Lipinski definition) is 1. The van der Waals surface area contributed by atoms with Gasteiger partial charge in [0.05, 0.1) is 17.4 Å². The van der Waals surface area contributed by atoms with Crippen LogP contribution in [0.15, 0.2) is 24.3 Å². The molecule has 1 aromatic heterocycles. The van der Waals surface area contributed by atoms with Crippen LogP contribution in [0.2, 0.25) is 0 Å². The summed E-state index contributed by atoms with van der Waals surface area (Å²) in [6.07, 6.45) is 1.03. The van der Waals surface area contributed by atoms with Gasteiger partial charge in [-0.25, -0.2) is 4.39 Å². The summed E-state index contributed by atoms with van der Waals surface area (Å²) < 4.78 is 15.5. The van der Waals surface area contributed by atoms with E-state index in [4.69, 9.17) is 0 Å². The van der Waals surface area contributed by atoms with E-state index in [9.17, 15) is 4.39 Å². The molecule has 0 spiro atoms. The number of nitrogens with one attached hydrogen (secondary N) is 1. The first kappa shape index (κ1) is 14.7.